The zero-order valence-corrected chi connectivity index (χ0v) is 11.2. The van der Waals surface area contributed by atoms with Gasteiger partial charge in [0.1, 0.15) is 0 Å². The minimum atomic E-state index is 0.240. The SMILES string of the molecule is Cc1csc(-c2ccc(C(C)(C)C)cc2)c1. The number of rotatable bonds is 1. The first-order valence-corrected chi connectivity index (χ1v) is 6.51. The van der Waals surface area contributed by atoms with Crippen molar-refractivity contribution in [3.63, 3.8) is 0 Å². The van der Waals surface area contributed by atoms with Gasteiger partial charge < -0.3 is 0 Å². The summed E-state index contributed by atoms with van der Waals surface area (Å²) in [6.45, 7) is 8.88. The summed E-state index contributed by atoms with van der Waals surface area (Å²) >= 11 is 1.82. The van der Waals surface area contributed by atoms with Crippen molar-refractivity contribution < 1.29 is 0 Å². The van der Waals surface area contributed by atoms with Crippen LogP contribution in [-0.2, 0) is 5.41 Å². The summed E-state index contributed by atoms with van der Waals surface area (Å²) in [5, 5.41) is 2.20. The van der Waals surface area contributed by atoms with Gasteiger partial charge in [0.05, 0.1) is 0 Å². The highest BCUT2D eigenvalue weighted by molar-refractivity contribution is 7.13. The molecule has 0 spiro atoms. The third-order valence-electron chi connectivity index (χ3n) is 2.77. The molecule has 1 aromatic carbocycles. The molecule has 0 saturated heterocycles. The molecule has 0 unspecified atom stereocenters. The van der Waals surface area contributed by atoms with E-state index in [1.165, 1.54) is 21.6 Å². The average molecular weight is 230 g/mol. The summed E-state index contributed by atoms with van der Waals surface area (Å²) in [6.07, 6.45) is 0. The summed E-state index contributed by atoms with van der Waals surface area (Å²) in [7, 11) is 0. The Morgan fingerprint density at radius 2 is 1.62 bits per heavy atom. The van der Waals surface area contributed by atoms with Gasteiger partial charge in [-0.15, -0.1) is 11.3 Å². The van der Waals surface area contributed by atoms with E-state index < -0.39 is 0 Å². The lowest BCUT2D eigenvalue weighted by atomic mass is 9.86. The molecule has 0 bridgehead atoms. The molecule has 1 aromatic heterocycles. The Bertz CT molecular complexity index is 469. The zero-order chi connectivity index (χ0) is 11.8. The van der Waals surface area contributed by atoms with Crippen molar-refractivity contribution >= 4 is 11.3 Å². The summed E-state index contributed by atoms with van der Waals surface area (Å²) in [5.74, 6) is 0. The monoisotopic (exact) mass is 230 g/mol. The normalized spacial score (nSPS) is 11.8. The van der Waals surface area contributed by atoms with Gasteiger partial charge in [0.25, 0.3) is 0 Å². The van der Waals surface area contributed by atoms with E-state index >= 15 is 0 Å². The Kier molecular flexibility index (Phi) is 2.90. The third-order valence-corrected chi connectivity index (χ3v) is 3.86. The van der Waals surface area contributed by atoms with Gasteiger partial charge in [0.2, 0.25) is 0 Å². The number of thiophene rings is 1. The van der Waals surface area contributed by atoms with Crippen LogP contribution in [0.3, 0.4) is 0 Å². The smallest absolute Gasteiger partial charge is 0.0345 e. The van der Waals surface area contributed by atoms with E-state index in [9.17, 15) is 0 Å². The highest BCUT2D eigenvalue weighted by Crippen LogP contribution is 2.29. The second-order valence-corrected chi connectivity index (χ2v) is 6.23. The predicted molar refractivity (Wildman–Crippen MR) is 73.2 cm³/mol. The second-order valence-electron chi connectivity index (χ2n) is 5.32. The van der Waals surface area contributed by atoms with Crippen LogP contribution in [0.25, 0.3) is 10.4 Å². The van der Waals surface area contributed by atoms with Crippen molar-refractivity contribution in [1.82, 2.24) is 0 Å². The molecular weight excluding hydrogens is 212 g/mol. The molecule has 0 radical (unpaired) electrons. The van der Waals surface area contributed by atoms with Crippen LogP contribution >= 0.6 is 11.3 Å². The van der Waals surface area contributed by atoms with Crippen molar-refractivity contribution in [2.24, 2.45) is 0 Å². The van der Waals surface area contributed by atoms with E-state index in [-0.39, 0.29) is 5.41 Å². The molecule has 0 amide bonds. The van der Waals surface area contributed by atoms with E-state index in [0.717, 1.165) is 0 Å². The standard InChI is InChI=1S/C15H18S/c1-11-9-14(16-10-11)12-5-7-13(8-6-12)15(2,3)4/h5-10H,1-4H3. The molecule has 0 aliphatic heterocycles. The Morgan fingerprint density at radius 1 is 1.00 bits per heavy atom. The largest absolute Gasteiger partial charge is 0.144 e. The quantitative estimate of drug-likeness (QED) is 0.645. The first-order chi connectivity index (χ1) is 7.47. The van der Waals surface area contributed by atoms with Crippen molar-refractivity contribution in [3.05, 3.63) is 46.8 Å². The lowest BCUT2D eigenvalue weighted by Crippen LogP contribution is -2.10. The third kappa shape index (κ3) is 2.35. The molecule has 2 aromatic rings. The fraction of sp³-hybridized carbons (Fsp3) is 0.333. The molecule has 16 heavy (non-hydrogen) atoms. The lowest BCUT2D eigenvalue weighted by Gasteiger charge is -2.18. The van der Waals surface area contributed by atoms with Crippen LogP contribution in [-0.4, -0.2) is 0 Å². The van der Waals surface area contributed by atoms with Crippen LogP contribution in [0, 0.1) is 6.92 Å². The number of hydrogen-bond donors (Lipinski definition) is 0. The first kappa shape index (κ1) is 11.4. The summed E-state index contributed by atoms with van der Waals surface area (Å²) in [4.78, 5) is 1.36. The topological polar surface area (TPSA) is 0 Å². The van der Waals surface area contributed by atoms with E-state index in [0.29, 0.717) is 0 Å². The van der Waals surface area contributed by atoms with Gasteiger partial charge in [-0.2, -0.15) is 0 Å². The second kappa shape index (κ2) is 4.06. The van der Waals surface area contributed by atoms with E-state index in [1.807, 2.05) is 11.3 Å². The molecular formula is C15H18S. The van der Waals surface area contributed by atoms with Gasteiger partial charge in [0, 0.05) is 4.88 Å². The molecule has 0 N–H and O–H groups in total. The van der Waals surface area contributed by atoms with Crippen LogP contribution in [0.4, 0.5) is 0 Å². The minimum Gasteiger partial charge on any atom is -0.144 e. The van der Waals surface area contributed by atoms with Crippen molar-refractivity contribution in [3.8, 4) is 10.4 Å². The van der Waals surface area contributed by atoms with Crippen LogP contribution in [0.1, 0.15) is 31.9 Å². The van der Waals surface area contributed by atoms with Crippen molar-refractivity contribution in [2.45, 2.75) is 33.1 Å². The summed E-state index contributed by atoms with van der Waals surface area (Å²) in [5.41, 5.74) is 4.31. The van der Waals surface area contributed by atoms with Crippen LogP contribution in [0.15, 0.2) is 35.7 Å². The zero-order valence-electron chi connectivity index (χ0n) is 10.4. The Hall–Kier alpha value is -1.08. The van der Waals surface area contributed by atoms with E-state index in [4.69, 9.17) is 0 Å². The van der Waals surface area contributed by atoms with Gasteiger partial charge in [-0.3, -0.25) is 0 Å². The molecule has 1 heteroatoms. The van der Waals surface area contributed by atoms with Crippen LogP contribution in [0.5, 0.6) is 0 Å². The van der Waals surface area contributed by atoms with Crippen molar-refractivity contribution in [1.29, 1.82) is 0 Å². The molecule has 0 nitrogen and oxygen atoms in total. The highest BCUT2D eigenvalue weighted by Gasteiger charge is 2.13. The number of hydrogen-bond acceptors (Lipinski definition) is 1. The molecule has 1 heterocycles. The highest BCUT2D eigenvalue weighted by atomic mass is 32.1. The molecule has 0 aliphatic rings. The molecule has 0 saturated carbocycles. The maximum atomic E-state index is 2.25. The Labute approximate surface area is 102 Å². The van der Waals surface area contributed by atoms with Gasteiger partial charge in [-0.25, -0.2) is 0 Å². The molecule has 2 rings (SSSR count). The van der Waals surface area contributed by atoms with Crippen LogP contribution in [0.2, 0.25) is 0 Å². The summed E-state index contributed by atoms with van der Waals surface area (Å²) in [6, 6.07) is 11.2. The Morgan fingerprint density at radius 3 is 2.06 bits per heavy atom. The average Bonchev–Trinajstić information content (AvgIpc) is 2.64. The summed E-state index contributed by atoms with van der Waals surface area (Å²) < 4.78 is 0. The van der Waals surface area contributed by atoms with Crippen LogP contribution < -0.4 is 0 Å². The molecule has 0 atom stereocenters. The van der Waals surface area contributed by atoms with Gasteiger partial charge in [-0.05, 0) is 40.5 Å². The van der Waals surface area contributed by atoms with E-state index in [1.54, 1.807) is 0 Å². The molecule has 0 aliphatic carbocycles. The fourth-order valence-corrected chi connectivity index (χ4v) is 2.62. The fourth-order valence-electron chi connectivity index (χ4n) is 1.72. The number of benzene rings is 1. The maximum absolute atomic E-state index is 2.25. The van der Waals surface area contributed by atoms with Gasteiger partial charge in [0.15, 0.2) is 0 Å². The predicted octanol–water partition coefficient (Wildman–Crippen LogP) is 5.02. The lowest BCUT2D eigenvalue weighted by molar-refractivity contribution is 0.590. The van der Waals surface area contributed by atoms with Gasteiger partial charge >= 0.3 is 0 Å². The number of aryl methyl sites for hydroxylation is 1. The van der Waals surface area contributed by atoms with E-state index in [2.05, 4.69) is 63.4 Å². The first-order valence-electron chi connectivity index (χ1n) is 5.63. The van der Waals surface area contributed by atoms with Crippen molar-refractivity contribution in [2.75, 3.05) is 0 Å². The Balaban J connectivity index is 2.33. The van der Waals surface area contributed by atoms with Gasteiger partial charge in [-0.1, -0.05) is 45.0 Å². The maximum Gasteiger partial charge on any atom is 0.0345 e. The molecule has 0 fully saturated rings. The molecule has 84 valence electrons. The minimum absolute atomic E-state index is 0.240.